The Bertz CT molecular complexity index is 350. The average Bonchev–Trinajstić information content (AvgIpc) is 2.26. The Morgan fingerprint density at radius 2 is 2.27 bits per heavy atom. The van der Waals surface area contributed by atoms with Crippen molar-refractivity contribution in [1.29, 1.82) is 0 Å². The SMILES string of the molecule is CCC(C#CC1=CC=C(N)CC1)/C=C\N. The number of hydrogen-bond acceptors (Lipinski definition) is 2. The maximum Gasteiger partial charge on any atom is 0.0400 e. The zero-order valence-electron chi connectivity index (χ0n) is 9.16. The van der Waals surface area contributed by atoms with Crippen molar-refractivity contribution in [2.75, 3.05) is 0 Å². The van der Waals surface area contributed by atoms with Gasteiger partial charge in [-0.2, -0.15) is 0 Å². The summed E-state index contributed by atoms with van der Waals surface area (Å²) in [7, 11) is 0. The molecule has 0 fully saturated rings. The van der Waals surface area contributed by atoms with Crippen molar-refractivity contribution in [2.45, 2.75) is 26.2 Å². The fourth-order valence-electron chi connectivity index (χ4n) is 1.36. The molecule has 0 radical (unpaired) electrons. The minimum absolute atomic E-state index is 0.263. The molecule has 4 N–H and O–H groups in total. The molecule has 2 heteroatoms. The molecule has 0 spiro atoms. The Morgan fingerprint density at radius 1 is 1.47 bits per heavy atom. The second-order valence-corrected chi connectivity index (χ2v) is 3.60. The summed E-state index contributed by atoms with van der Waals surface area (Å²) in [6, 6.07) is 0. The van der Waals surface area contributed by atoms with E-state index in [0.29, 0.717) is 0 Å². The molecule has 1 rings (SSSR count). The van der Waals surface area contributed by atoms with Crippen LogP contribution in [0.25, 0.3) is 0 Å². The molecule has 0 aliphatic heterocycles. The van der Waals surface area contributed by atoms with E-state index < -0.39 is 0 Å². The molecule has 0 aromatic carbocycles. The monoisotopic (exact) mass is 202 g/mol. The Morgan fingerprint density at radius 3 is 2.80 bits per heavy atom. The van der Waals surface area contributed by atoms with E-state index in [1.807, 2.05) is 18.2 Å². The fraction of sp³-hybridized carbons (Fsp3) is 0.385. The summed E-state index contributed by atoms with van der Waals surface area (Å²) in [6.07, 6.45) is 10.3. The van der Waals surface area contributed by atoms with Gasteiger partial charge in [-0.05, 0) is 37.6 Å². The Balaban J connectivity index is 2.64. The predicted octanol–water partition coefficient (Wildman–Crippen LogP) is 2.05. The van der Waals surface area contributed by atoms with Gasteiger partial charge in [0.1, 0.15) is 0 Å². The second kappa shape index (κ2) is 5.98. The summed E-state index contributed by atoms with van der Waals surface area (Å²) in [6.45, 7) is 2.10. The Hall–Kier alpha value is -1.62. The quantitative estimate of drug-likeness (QED) is 0.673. The minimum atomic E-state index is 0.263. The van der Waals surface area contributed by atoms with Gasteiger partial charge in [0.05, 0.1) is 0 Å². The van der Waals surface area contributed by atoms with Crippen LogP contribution in [0.1, 0.15) is 26.2 Å². The van der Waals surface area contributed by atoms with Crippen molar-refractivity contribution in [1.82, 2.24) is 0 Å². The summed E-state index contributed by atoms with van der Waals surface area (Å²) in [4.78, 5) is 0. The lowest BCUT2D eigenvalue weighted by atomic mass is 10.0. The first kappa shape index (κ1) is 11.5. The zero-order chi connectivity index (χ0) is 11.1. The molecule has 0 saturated carbocycles. The molecule has 0 heterocycles. The zero-order valence-corrected chi connectivity index (χ0v) is 9.16. The highest BCUT2D eigenvalue weighted by atomic mass is 14.6. The molecule has 0 amide bonds. The largest absolute Gasteiger partial charge is 0.405 e. The third-order valence-corrected chi connectivity index (χ3v) is 2.38. The van der Waals surface area contributed by atoms with Crippen molar-refractivity contribution in [3.63, 3.8) is 0 Å². The van der Waals surface area contributed by atoms with Crippen LogP contribution < -0.4 is 11.5 Å². The van der Waals surface area contributed by atoms with Gasteiger partial charge in [-0.3, -0.25) is 0 Å². The third kappa shape index (κ3) is 3.95. The van der Waals surface area contributed by atoms with Gasteiger partial charge in [0.25, 0.3) is 0 Å². The molecule has 1 unspecified atom stereocenters. The molecule has 1 aliphatic rings. The van der Waals surface area contributed by atoms with Gasteiger partial charge in [-0.1, -0.05) is 24.8 Å². The van der Waals surface area contributed by atoms with Crippen LogP contribution in [0.4, 0.5) is 0 Å². The maximum atomic E-state index is 5.67. The number of allylic oxidation sites excluding steroid dienone is 5. The van der Waals surface area contributed by atoms with Gasteiger partial charge >= 0.3 is 0 Å². The topological polar surface area (TPSA) is 52.0 Å². The highest BCUT2D eigenvalue weighted by molar-refractivity contribution is 5.36. The van der Waals surface area contributed by atoms with Crippen LogP contribution in [0, 0.1) is 17.8 Å². The summed E-state index contributed by atoms with van der Waals surface area (Å²) in [5, 5.41) is 0. The fourth-order valence-corrected chi connectivity index (χ4v) is 1.36. The van der Waals surface area contributed by atoms with Crippen LogP contribution in [-0.4, -0.2) is 0 Å². The number of rotatable bonds is 2. The van der Waals surface area contributed by atoms with E-state index in [-0.39, 0.29) is 5.92 Å². The van der Waals surface area contributed by atoms with Crippen LogP contribution in [0.2, 0.25) is 0 Å². The van der Waals surface area contributed by atoms with Crippen molar-refractivity contribution in [3.8, 4) is 11.8 Å². The van der Waals surface area contributed by atoms with E-state index in [4.69, 9.17) is 11.5 Å². The molecule has 15 heavy (non-hydrogen) atoms. The Labute approximate surface area is 91.7 Å². The molecule has 0 aromatic rings. The van der Waals surface area contributed by atoms with Gasteiger partial charge in [-0.15, -0.1) is 0 Å². The summed E-state index contributed by atoms with van der Waals surface area (Å²) in [5.41, 5.74) is 13.1. The third-order valence-electron chi connectivity index (χ3n) is 2.38. The first-order valence-electron chi connectivity index (χ1n) is 5.31. The van der Waals surface area contributed by atoms with Crippen LogP contribution >= 0.6 is 0 Å². The molecular formula is C13H18N2. The van der Waals surface area contributed by atoms with E-state index in [1.165, 1.54) is 0 Å². The number of hydrogen-bond donors (Lipinski definition) is 2. The minimum Gasteiger partial charge on any atom is -0.405 e. The first-order valence-corrected chi connectivity index (χ1v) is 5.31. The molecule has 80 valence electrons. The van der Waals surface area contributed by atoms with Gasteiger partial charge in [-0.25, -0.2) is 0 Å². The molecule has 0 aromatic heterocycles. The van der Waals surface area contributed by atoms with Crippen LogP contribution in [0.5, 0.6) is 0 Å². The van der Waals surface area contributed by atoms with E-state index in [2.05, 4.69) is 18.8 Å². The van der Waals surface area contributed by atoms with Crippen molar-refractivity contribution in [3.05, 3.63) is 35.7 Å². The van der Waals surface area contributed by atoms with Crippen molar-refractivity contribution in [2.24, 2.45) is 17.4 Å². The average molecular weight is 202 g/mol. The van der Waals surface area contributed by atoms with Crippen LogP contribution in [0.15, 0.2) is 35.7 Å². The standard InChI is InChI=1S/C13H18N2/c1-2-11(9-10-14)3-4-12-5-7-13(15)8-6-12/h5,7,9-11H,2,6,8,14-15H2,1H3/b10-9-. The summed E-state index contributed by atoms with van der Waals surface area (Å²) < 4.78 is 0. The van der Waals surface area contributed by atoms with Crippen LogP contribution in [-0.2, 0) is 0 Å². The molecule has 0 bridgehead atoms. The predicted molar refractivity (Wildman–Crippen MR) is 64.5 cm³/mol. The van der Waals surface area contributed by atoms with Crippen molar-refractivity contribution < 1.29 is 0 Å². The highest BCUT2D eigenvalue weighted by Crippen LogP contribution is 2.14. The number of nitrogens with two attached hydrogens (primary N) is 2. The lowest BCUT2D eigenvalue weighted by molar-refractivity contribution is 0.797. The Kier molecular flexibility index (Phi) is 4.56. The second-order valence-electron chi connectivity index (χ2n) is 3.60. The van der Waals surface area contributed by atoms with Gasteiger partial charge in [0, 0.05) is 17.2 Å². The summed E-state index contributed by atoms with van der Waals surface area (Å²) >= 11 is 0. The lowest BCUT2D eigenvalue weighted by Crippen LogP contribution is -2.01. The van der Waals surface area contributed by atoms with Crippen LogP contribution in [0.3, 0.4) is 0 Å². The molecular weight excluding hydrogens is 184 g/mol. The molecule has 2 nitrogen and oxygen atoms in total. The van der Waals surface area contributed by atoms with Crippen molar-refractivity contribution >= 4 is 0 Å². The smallest absolute Gasteiger partial charge is 0.0400 e. The summed E-state index contributed by atoms with van der Waals surface area (Å²) in [5.74, 6) is 6.64. The lowest BCUT2D eigenvalue weighted by Gasteiger charge is -2.06. The van der Waals surface area contributed by atoms with Gasteiger partial charge in [0.15, 0.2) is 0 Å². The highest BCUT2D eigenvalue weighted by Gasteiger charge is 2.01. The maximum absolute atomic E-state index is 5.67. The van der Waals surface area contributed by atoms with E-state index in [9.17, 15) is 0 Å². The van der Waals surface area contributed by atoms with Gasteiger partial charge in [0.2, 0.25) is 0 Å². The van der Waals surface area contributed by atoms with E-state index >= 15 is 0 Å². The van der Waals surface area contributed by atoms with Gasteiger partial charge < -0.3 is 11.5 Å². The molecule has 0 saturated heterocycles. The first-order chi connectivity index (χ1) is 7.26. The normalized spacial score (nSPS) is 17.7. The van der Waals surface area contributed by atoms with E-state index in [1.54, 1.807) is 6.20 Å². The molecule has 1 atom stereocenters. The van der Waals surface area contributed by atoms with E-state index in [0.717, 1.165) is 30.5 Å². The molecule has 1 aliphatic carbocycles.